The van der Waals surface area contributed by atoms with E-state index >= 15 is 0 Å². The Bertz CT molecular complexity index is 3770. The highest BCUT2D eigenvalue weighted by molar-refractivity contribution is 7.00. The Hall–Kier alpha value is -6.72. The molecule has 0 bridgehead atoms. The van der Waals surface area contributed by atoms with Crippen molar-refractivity contribution in [2.45, 2.75) is 157 Å². The molecule has 0 atom stereocenters. The van der Waals surface area contributed by atoms with Crippen LogP contribution >= 0.6 is 0 Å². The summed E-state index contributed by atoms with van der Waals surface area (Å²) in [6, 6.07) is 45.9. The molecule has 4 nitrogen and oxygen atoms in total. The van der Waals surface area contributed by atoms with E-state index in [0.717, 1.165) is 11.4 Å². The number of nitrogens with zero attached hydrogens (tertiary/aromatic N) is 4. The van der Waals surface area contributed by atoms with E-state index in [0.29, 0.717) is 0 Å². The molecule has 3 aromatic heterocycles. The van der Waals surface area contributed by atoms with Crippen LogP contribution in [0.5, 0.6) is 0 Å². The van der Waals surface area contributed by atoms with Gasteiger partial charge in [-0.1, -0.05) is 197 Å². The van der Waals surface area contributed by atoms with Crippen molar-refractivity contribution in [2.75, 3.05) is 0 Å². The van der Waals surface area contributed by atoms with Crippen LogP contribution in [0.4, 0.5) is 0 Å². The maximum absolute atomic E-state index is 4.99. The summed E-state index contributed by atoms with van der Waals surface area (Å²) < 4.78 is 5.34. The van der Waals surface area contributed by atoms with Crippen molar-refractivity contribution in [3.63, 3.8) is 0 Å². The van der Waals surface area contributed by atoms with E-state index in [1.54, 1.807) is 0 Å². The fourth-order valence-corrected chi connectivity index (χ4v) is 12.6. The minimum absolute atomic E-state index is 0.0442. The van der Waals surface area contributed by atoms with Crippen molar-refractivity contribution in [1.82, 2.24) is 19.1 Å². The third-order valence-corrected chi connectivity index (χ3v) is 16.9. The lowest BCUT2D eigenvalue weighted by atomic mass is 9.34. The molecule has 75 heavy (non-hydrogen) atoms. The standard InChI is InChI=1S/C70H75BN4/c1-65(2,3)45-24-20-40(21-25-45)42-30-49-59-51(69(13,14)15)36-47(67(7,8)9)38-55(59)74-57-34-44(64-72-28-19-29-73-64)35-58-61(57)71(53(32-42)62(49)74)54-33-43(41-22-26-46(27-23-41)66(4,5)6)31-50-60-52(70(16,17)18)37-48(68(10,11)12)39-56(60)75(58)63(50)54/h19-39H,1-18H3. The van der Waals surface area contributed by atoms with Gasteiger partial charge >= 0.3 is 0 Å². The summed E-state index contributed by atoms with van der Waals surface area (Å²) >= 11 is 0. The van der Waals surface area contributed by atoms with E-state index in [1.165, 1.54) is 127 Å². The summed E-state index contributed by atoms with van der Waals surface area (Å²) in [7, 11) is 0. The molecule has 5 heteroatoms. The van der Waals surface area contributed by atoms with Crippen LogP contribution < -0.4 is 16.4 Å². The fourth-order valence-electron chi connectivity index (χ4n) is 12.6. The van der Waals surface area contributed by atoms with Crippen molar-refractivity contribution in [3.05, 3.63) is 161 Å². The van der Waals surface area contributed by atoms with Gasteiger partial charge in [-0.05, 0) is 147 Å². The summed E-state index contributed by atoms with van der Waals surface area (Å²) in [5.74, 6) is 0.727. The highest BCUT2D eigenvalue weighted by atomic mass is 15.0. The van der Waals surface area contributed by atoms with Crippen molar-refractivity contribution >= 4 is 66.7 Å². The molecular formula is C70H75BN4. The molecule has 0 N–H and O–H groups in total. The Balaban J connectivity index is 1.33. The van der Waals surface area contributed by atoms with Crippen LogP contribution in [0.2, 0.25) is 0 Å². The first-order valence-corrected chi connectivity index (χ1v) is 27.5. The van der Waals surface area contributed by atoms with Crippen molar-refractivity contribution in [3.8, 4) is 45.0 Å². The number of aromatic nitrogens is 4. The van der Waals surface area contributed by atoms with Gasteiger partial charge in [0.2, 0.25) is 0 Å². The van der Waals surface area contributed by atoms with Gasteiger partial charge in [0.05, 0.1) is 11.0 Å². The SMILES string of the molecule is CC(C)(C)c1ccc(-c2cc3c4c(c2)c2c(C(C)(C)C)cc(C(C)(C)C)cc2n4-c2cc(-c4ncccn4)cc4c2B3c2cc(-c3ccc(C(C)(C)C)cc3)cc3c5c(C(C)(C)C)cc(C(C)(C)C)cc5n-4c23)cc1. The van der Waals surface area contributed by atoms with E-state index in [2.05, 4.69) is 243 Å². The smallest absolute Gasteiger partial charge is 0.252 e. The highest BCUT2D eigenvalue weighted by Gasteiger charge is 2.43. The summed E-state index contributed by atoms with van der Waals surface area (Å²) in [6.45, 7) is 42.3. The number of hydrogen-bond donors (Lipinski definition) is 0. The molecule has 5 heterocycles. The van der Waals surface area contributed by atoms with Crippen LogP contribution in [0.1, 0.15) is 158 Å². The zero-order chi connectivity index (χ0) is 53.4. The zero-order valence-corrected chi connectivity index (χ0v) is 48.0. The van der Waals surface area contributed by atoms with E-state index in [9.17, 15) is 0 Å². The second kappa shape index (κ2) is 15.9. The molecule has 0 aliphatic carbocycles. The summed E-state index contributed by atoms with van der Waals surface area (Å²) in [5.41, 5.74) is 25.2. The van der Waals surface area contributed by atoms with Crippen molar-refractivity contribution in [1.29, 1.82) is 0 Å². The molecular weight excluding hydrogens is 908 g/mol. The van der Waals surface area contributed by atoms with Gasteiger partial charge in [-0.3, -0.25) is 0 Å². The molecule has 0 spiro atoms. The number of rotatable bonds is 3. The monoisotopic (exact) mass is 983 g/mol. The number of fused-ring (bicyclic) bond motifs is 10. The molecule has 10 aromatic rings. The summed E-state index contributed by atoms with van der Waals surface area (Å²) in [4.78, 5) is 9.97. The first kappa shape index (κ1) is 49.2. The second-order valence-electron chi connectivity index (χ2n) is 28.5. The van der Waals surface area contributed by atoms with Gasteiger partial charge in [0, 0.05) is 61.9 Å². The minimum atomic E-state index is -0.145. The predicted octanol–water partition coefficient (Wildman–Crippen LogP) is 16.6. The highest BCUT2D eigenvalue weighted by Crippen LogP contribution is 2.48. The Morgan fingerprint density at radius 1 is 0.360 bits per heavy atom. The molecule has 0 saturated carbocycles. The maximum atomic E-state index is 4.99. The first-order valence-electron chi connectivity index (χ1n) is 27.5. The largest absolute Gasteiger partial charge is 0.310 e. The van der Waals surface area contributed by atoms with Crippen LogP contribution in [-0.2, 0) is 32.5 Å². The topological polar surface area (TPSA) is 35.6 Å². The van der Waals surface area contributed by atoms with E-state index in [4.69, 9.17) is 9.97 Å². The Morgan fingerprint density at radius 3 is 1.08 bits per heavy atom. The molecule has 2 aliphatic heterocycles. The van der Waals surface area contributed by atoms with Crippen LogP contribution in [0.3, 0.4) is 0 Å². The van der Waals surface area contributed by atoms with Gasteiger partial charge < -0.3 is 9.13 Å². The summed E-state index contributed by atoms with van der Waals surface area (Å²) in [5, 5.41) is 5.28. The third kappa shape index (κ3) is 7.68. The normalized spacial score (nSPS) is 14.0. The average molecular weight is 983 g/mol. The van der Waals surface area contributed by atoms with Crippen LogP contribution in [-0.4, -0.2) is 25.8 Å². The van der Waals surface area contributed by atoms with E-state index in [1.807, 2.05) is 18.5 Å². The number of benzene rings is 7. The van der Waals surface area contributed by atoms with E-state index in [-0.39, 0.29) is 39.2 Å². The molecule has 0 radical (unpaired) electrons. The summed E-state index contributed by atoms with van der Waals surface area (Å²) in [6.07, 6.45) is 3.77. The second-order valence-corrected chi connectivity index (χ2v) is 28.5. The molecule has 7 aromatic carbocycles. The third-order valence-electron chi connectivity index (χ3n) is 16.9. The van der Waals surface area contributed by atoms with Gasteiger partial charge in [-0.2, -0.15) is 0 Å². The molecule has 0 unspecified atom stereocenters. The van der Waals surface area contributed by atoms with Crippen LogP contribution in [0, 0.1) is 0 Å². The Labute approximate surface area is 446 Å². The van der Waals surface area contributed by atoms with Gasteiger partial charge in [-0.15, -0.1) is 0 Å². The van der Waals surface area contributed by atoms with Gasteiger partial charge in [0.15, 0.2) is 5.82 Å². The molecule has 12 rings (SSSR count). The van der Waals surface area contributed by atoms with Crippen LogP contribution in [0.15, 0.2) is 128 Å². The fraction of sp³-hybridized carbons (Fsp3) is 0.343. The Kier molecular flexibility index (Phi) is 10.4. The predicted molar refractivity (Wildman–Crippen MR) is 324 cm³/mol. The van der Waals surface area contributed by atoms with Gasteiger partial charge in [0.25, 0.3) is 6.71 Å². The lowest BCUT2D eigenvalue weighted by Crippen LogP contribution is -2.59. The molecule has 0 fully saturated rings. The minimum Gasteiger partial charge on any atom is -0.310 e. The lowest BCUT2D eigenvalue weighted by Gasteiger charge is -2.35. The average Bonchev–Trinajstić information content (AvgIpc) is 4.00. The molecule has 0 saturated heterocycles. The molecule has 2 aliphatic rings. The van der Waals surface area contributed by atoms with Crippen LogP contribution in [0.25, 0.3) is 88.6 Å². The molecule has 0 amide bonds. The molecule has 378 valence electrons. The zero-order valence-electron chi connectivity index (χ0n) is 48.0. The van der Waals surface area contributed by atoms with E-state index < -0.39 is 0 Å². The van der Waals surface area contributed by atoms with Crippen molar-refractivity contribution < 1.29 is 0 Å². The van der Waals surface area contributed by atoms with Crippen molar-refractivity contribution in [2.24, 2.45) is 0 Å². The van der Waals surface area contributed by atoms with Gasteiger partial charge in [-0.25, -0.2) is 9.97 Å². The first-order chi connectivity index (χ1) is 35.0. The Morgan fingerprint density at radius 2 is 0.733 bits per heavy atom. The quantitative estimate of drug-likeness (QED) is 0.165. The maximum Gasteiger partial charge on any atom is 0.252 e. The lowest BCUT2D eigenvalue weighted by molar-refractivity contribution is 0.572. The number of hydrogen-bond acceptors (Lipinski definition) is 2. The van der Waals surface area contributed by atoms with Gasteiger partial charge in [0.1, 0.15) is 0 Å².